The van der Waals surface area contributed by atoms with E-state index in [2.05, 4.69) is 33.0 Å². The maximum atomic E-state index is 12.4. The van der Waals surface area contributed by atoms with Gasteiger partial charge in [-0.2, -0.15) is 0 Å². The van der Waals surface area contributed by atoms with Gasteiger partial charge in [0.15, 0.2) is 0 Å². The van der Waals surface area contributed by atoms with Gasteiger partial charge in [0.2, 0.25) is 5.91 Å². The van der Waals surface area contributed by atoms with E-state index < -0.39 is 11.9 Å². The van der Waals surface area contributed by atoms with Crippen LogP contribution in [0, 0.1) is 22.7 Å². The Bertz CT molecular complexity index is 386. The van der Waals surface area contributed by atoms with Crippen molar-refractivity contribution in [1.82, 2.24) is 5.32 Å². The molecule has 19 heavy (non-hydrogen) atoms. The Morgan fingerprint density at radius 1 is 1.05 bits per heavy atom. The third-order valence-electron chi connectivity index (χ3n) is 5.69. The summed E-state index contributed by atoms with van der Waals surface area (Å²) in [6.45, 7) is 8.42. The number of carbonyl (C=O) groups is 2. The molecule has 2 saturated carbocycles. The van der Waals surface area contributed by atoms with E-state index in [0.717, 1.165) is 19.3 Å². The largest absolute Gasteiger partial charge is 0.481 e. The molecule has 0 aromatic heterocycles. The number of carboxylic acid groups (broad SMARTS) is 1. The SMILES string of the molecule is CC1(C)C(C(=O)NC2CCCCC2C(=O)O)C1(C)C. The lowest BCUT2D eigenvalue weighted by Crippen LogP contribution is -2.46. The molecule has 4 nitrogen and oxygen atoms in total. The molecule has 1 amide bonds. The molecule has 2 N–H and O–H groups in total. The molecule has 2 fully saturated rings. The van der Waals surface area contributed by atoms with Gasteiger partial charge in [-0.1, -0.05) is 40.5 Å². The van der Waals surface area contributed by atoms with Crippen LogP contribution in [-0.2, 0) is 9.59 Å². The highest BCUT2D eigenvalue weighted by atomic mass is 16.4. The van der Waals surface area contributed by atoms with E-state index in [9.17, 15) is 14.7 Å². The van der Waals surface area contributed by atoms with E-state index in [1.165, 1.54) is 0 Å². The van der Waals surface area contributed by atoms with Crippen molar-refractivity contribution in [3.63, 3.8) is 0 Å². The molecule has 2 aliphatic carbocycles. The van der Waals surface area contributed by atoms with Crippen LogP contribution in [0.5, 0.6) is 0 Å². The van der Waals surface area contributed by atoms with Crippen molar-refractivity contribution in [3.8, 4) is 0 Å². The fraction of sp³-hybridized carbons (Fsp3) is 0.867. The Balaban J connectivity index is 2.01. The van der Waals surface area contributed by atoms with Crippen LogP contribution in [0.1, 0.15) is 53.4 Å². The predicted molar refractivity (Wildman–Crippen MR) is 72.6 cm³/mol. The minimum absolute atomic E-state index is 0.00336. The van der Waals surface area contributed by atoms with Crippen LogP contribution in [0.15, 0.2) is 0 Å². The van der Waals surface area contributed by atoms with Gasteiger partial charge in [0.25, 0.3) is 0 Å². The summed E-state index contributed by atoms with van der Waals surface area (Å²) in [6.07, 6.45) is 3.42. The summed E-state index contributed by atoms with van der Waals surface area (Å²) >= 11 is 0. The molecule has 0 heterocycles. The van der Waals surface area contributed by atoms with Gasteiger partial charge >= 0.3 is 5.97 Å². The van der Waals surface area contributed by atoms with E-state index in [1.54, 1.807) is 0 Å². The van der Waals surface area contributed by atoms with Gasteiger partial charge in [-0.25, -0.2) is 0 Å². The average molecular weight is 267 g/mol. The first-order valence-corrected chi connectivity index (χ1v) is 7.23. The molecule has 0 bridgehead atoms. The zero-order valence-electron chi connectivity index (χ0n) is 12.3. The summed E-state index contributed by atoms with van der Waals surface area (Å²) < 4.78 is 0. The second kappa shape index (κ2) is 4.50. The van der Waals surface area contributed by atoms with E-state index in [-0.39, 0.29) is 28.7 Å². The monoisotopic (exact) mass is 267 g/mol. The Morgan fingerprint density at radius 3 is 2.05 bits per heavy atom. The highest BCUT2D eigenvalue weighted by molar-refractivity contribution is 5.85. The third kappa shape index (κ3) is 2.26. The minimum Gasteiger partial charge on any atom is -0.481 e. The van der Waals surface area contributed by atoms with Crippen molar-refractivity contribution in [2.75, 3.05) is 0 Å². The van der Waals surface area contributed by atoms with Crippen molar-refractivity contribution >= 4 is 11.9 Å². The molecule has 0 aromatic carbocycles. The number of amides is 1. The third-order valence-corrected chi connectivity index (χ3v) is 5.69. The molecular weight excluding hydrogens is 242 g/mol. The topological polar surface area (TPSA) is 66.4 Å². The molecule has 0 aromatic rings. The Labute approximate surface area is 115 Å². The van der Waals surface area contributed by atoms with Crippen LogP contribution in [0.25, 0.3) is 0 Å². The number of hydrogen-bond donors (Lipinski definition) is 2. The number of carbonyl (C=O) groups excluding carboxylic acids is 1. The zero-order valence-corrected chi connectivity index (χ0v) is 12.3. The second-order valence-corrected chi connectivity index (χ2v) is 7.22. The van der Waals surface area contributed by atoms with Gasteiger partial charge in [-0.3, -0.25) is 9.59 Å². The minimum atomic E-state index is -0.778. The maximum absolute atomic E-state index is 12.4. The fourth-order valence-electron chi connectivity index (χ4n) is 3.72. The molecule has 2 rings (SSSR count). The smallest absolute Gasteiger partial charge is 0.308 e. The van der Waals surface area contributed by atoms with Crippen molar-refractivity contribution in [1.29, 1.82) is 0 Å². The van der Waals surface area contributed by atoms with Crippen LogP contribution in [0.2, 0.25) is 0 Å². The molecule has 0 saturated heterocycles. The van der Waals surface area contributed by atoms with Crippen LogP contribution >= 0.6 is 0 Å². The van der Waals surface area contributed by atoms with Gasteiger partial charge in [-0.05, 0) is 23.7 Å². The van der Waals surface area contributed by atoms with Gasteiger partial charge in [0, 0.05) is 12.0 Å². The summed E-state index contributed by atoms with van der Waals surface area (Å²) in [4.78, 5) is 23.6. The van der Waals surface area contributed by atoms with Crippen LogP contribution in [0.3, 0.4) is 0 Å². The first kappa shape index (κ1) is 14.4. The maximum Gasteiger partial charge on any atom is 0.308 e. The fourth-order valence-corrected chi connectivity index (χ4v) is 3.72. The molecule has 0 aliphatic heterocycles. The summed E-state index contributed by atoms with van der Waals surface area (Å²) in [6, 6.07) is -0.189. The lowest BCUT2D eigenvalue weighted by molar-refractivity contribution is -0.144. The molecule has 0 radical (unpaired) electrons. The molecule has 2 aliphatic rings. The molecular formula is C15H25NO3. The summed E-state index contributed by atoms with van der Waals surface area (Å²) in [7, 11) is 0. The summed E-state index contributed by atoms with van der Waals surface area (Å²) in [5.74, 6) is -1.16. The van der Waals surface area contributed by atoms with Crippen molar-refractivity contribution < 1.29 is 14.7 Å². The lowest BCUT2D eigenvalue weighted by atomic mass is 9.84. The lowest BCUT2D eigenvalue weighted by Gasteiger charge is -2.29. The first-order chi connectivity index (χ1) is 8.69. The van der Waals surface area contributed by atoms with E-state index in [0.29, 0.717) is 6.42 Å². The molecule has 0 spiro atoms. The Morgan fingerprint density at radius 2 is 1.58 bits per heavy atom. The van der Waals surface area contributed by atoms with Gasteiger partial charge in [-0.15, -0.1) is 0 Å². The number of aliphatic carboxylic acids is 1. The molecule has 2 atom stereocenters. The summed E-state index contributed by atoms with van der Waals surface area (Å²) in [5, 5.41) is 12.2. The van der Waals surface area contributed by atoms with Gasteiger partial charge in [0.1, 0.15) is 0 Å². The summed E-state index contributed by atoms with van der Waals surface area (Å²) in [5.41, 5.74) is 0.00887. The predicted octanol–water partition coefficient (Wildman–Crippen LogP) is 2.43. The Kier molecular flexibility index (Phi) is 3.40. The highest BCUT2D eigenvalue weighted by Gasteiger charge is 2.68. The average Bonchev–Trinajstić information content (AvgIpc) is 2.69. The number of nitrogens with one attached hydrogen (secondary N) is 1. The van der Waals surface area contributed by atoms with Crippen molar-refractivity contribution in [2.24, 2.45) is 22.7 Å². The van der Waals surface area contributed by atoms with Crippen LogP contribution in [0.4, 0.5) is 0 Å². The normalized spacial score (nSPS) is 32.6. The first-order valence-electron chi connectivity index (χ1n) is 7.23. The van der Waals surface area contributed by atoms with E-state index in [4.69, 9.17) is 0 Å². The highest BCUT2D eigenvalue weighted by Crippen LogP contribution is 2.68. The van der Waals surface area contributed by atoms with Gasteiger partial charge in [0.05, 0.1) is 5.92 Å². The van der Waals surface area contributed by atoms with Crippen molar-refractivity contribution in [3.05, 3.63) is 0 Å². The van der Waals surface area contributed by atoms with E-state index >= 15 is 0 Å². The van der Waals surface area contributed by atoms with E-state index in [1.807, 2.05) is 0 Å². The number of rotatable bonds is 3. The number of carboxylic acids is 1. The molecule has 4 heteroatoms. The molecule has 108 valence electrons. The molecule has 2 unspecified atom stereocenters. The van der Waals surface area contributed by atoms with Gasteiger partial charge < -0.3 is 10.4 Å². The second-order valence-electron chi connectivity index (χ2n) is 7.22. The van der Waals surface area contributed by atoms with Crippen LogP contribution in [-0.4, -0.2) is 23.0 Å². The van der Waals surface area contributed by atoms with Crippen LogP contribution < -0.4 is 5.32 Å². The van der Waals surface area contributed by atoms with Crippen molar-refractivity contribution in [2.45, 2.75) is 59.4 Å². The quantitative estimate of drug-likeness (QED) is 0.825. The Hall–Kier alpha value is -1.06. The standard InChI is InChI=1S/C15H25NO3/c1-14(2)11(15(14,3)4)12(17)16-10-8-6-5-7-9(10)13(18)19/h9-11H,5-8H2,1-4H3,(H,16,17)(H,18,19). The zero-order chi connectivity index (χ0) is 14.4. The number of hydrogen-bond acceptors (Lipinski definition) is 2.